The van der Waals surface area contributed by atoms with Crippen molar-refractivity contribution < 1.29 is 9.59 Å². The molecule has 1 aromatic carbocycles. The predicted octanol–water partition coefficient (Wildman–Crippen LogP) is 1.61. The Hall–Kier alpha value is -1.64. The molecule has 84 valence electrons. The third kappa shape index (κ3) is 1.52. The maximum atomic E-state index is 11.8. The van der Waals surface area contributed by atoms with Crippen molar-refractivity contribution >= 4 is 11.8 Å². The zero-order valence-electron chi connectivity index (χ0n) is 9.76. The number of hydrogen-bond donors (Lipinski definition) is 1. The molecule has 1 saturated heterocycles. The van der Waals surface area contributed by atoms with E-state index in [2.05, 4.69) is 5.32 Å². The highest BCUT2D eigenvalue weighted by Crippen LogP contribution is 2.34. The Morgan fingerprint density at radius 1 is 1.25 bits per heavy atom. The van der Waals surface area contributed by atoms with Crippen molar-refractivity contribution in [3.8, 4) is 0 Å². The molecule has 1 aliphatic rings. The minimum absolute atomic E-state index is 0.188. The number of nitrogens with one attached hydrogen (secondary N) is 1. The molecule has 1 fully saturated rings. The fourth-order valence-electron chi connectivity index (χ4n) is 2.36. The molecule has 2 rings (SSSR count). The van der Waals surface area contributed by atoms with Gasteiger partial charge in [-0.05, 0) is 31.9 Å². The highest BCUT2D eigenvalue weighted by atomic mass is 16.2. The van der Waals surface area contributed by atoms with Crippen LogP contribution in [0.4, 0.5) is 0 Å². The van der Waals surface area contributed by atoms with E-state index in [9.17, 15) is 9.59 Å². The van der Waals surface area contributed by atoms with Gasteiger partial charge in [0.25, 0.3) is 0 Å². The number of carbonyl (C=O) groups is 2. The van der Waals surface area contributed by atoms with Crippen LogP contribution in [-0.2, 0) is 15.0 Å². The number of imide groups is 1. The normalized spacial score (nSPS) is 24.7. The maximum Gasteiger partial charge on any atom is 0.237 e. The topological polar surface area (TPSA) is 46.2 Å². The molecule has 0 radical (unpaired) electrons. The zero-order valence-corrected chi connectivity index (χ0v) is 9.76. The molecular formula is C13H15NO2. The van der Waals surface area contributed by atoms with Gasteiger partial charge in [-0.15, -0.1) is 0 Å². The fourth-order valence-corrected chi connectivity index (χ4v) is 2.36. The molecule has 1 heterocycles. The van der Waals surface area contributed by atoms with E-state index in [1.54, 1.807) is 0 Å². The van der Waals surface area contributed by atoms with Crippen LogP contribution in [0.5, 0.6) is 0 Å². The van der Waals surface area contributed by atoms with E-state index in [0.29, 0.717) is 0 Å². The molecule has 0 bridgehead atoms. The Balaban J connectivity index is 2.51. The summed E-state index contributed by atoms with van der Waals surface area (Å²) in [4.78, 5) is 23.1. The van der Waals surface area contributed by atoms with Gasteiger partial charge in [-0.1, -0.05) is 23.8 Å². The molecule has 16 heavy (non-hydrogen) atoms. The van der Waals surface area contributed by atoms with Gasteiger partial charge in [0.2, 0.25) is 11.8 Å². The van der Waals surface area contributed by atoms with Gasteiger partial charge in [0.1, 0.15) is 0 Å². The Morgan fingerprint density at radius 2 is 1.94 bits per heavy atom. The van der Waals surface area contributed by atoms with E-state index >= 15 is 0 Å². The van der Waals surface area contributed by atoms with Gasteiger partial charge in [0, 0.05) is 6.42 Å². The Kier molecular flexibility index (Phi) is 2.34. The molecule has 0 saturated carbocycles. The van der Waals surface area contributed by atoms with Gasteiger partial charge < -0.3 is 0 Å². The smallest absolute Gasteiger partial charge is 0.237 e. The summed E-state index contributed by atoms with van der Waals surface area (Å²) >= 11 is 0. The molecular weight excluding hydrogens is 202 g/mol. The first-order valence-electron chi connectivity index (χ1n) is 5.35. The summed E-state index contributed by atoms with van der Waals surface area (Å²) < 4.78 is 0. The molecule has 0 aliphatic carbocycles. The Labute approximate surface area is 94.9 Å². The minimum atomic E-state index is -0.700. The Morgan fingerprint density at radius 3 is 2.44 bits per heavy atom. The molecule has 2 amide bonds. The second-order valence-corrected chi connectivity index (χ2v) is 4.70. The number of carbonyl (C=O) groups excluding carboxylic acids is 2. The quantitative estimate of drug-likeness (QED) is 0.726. The van der Waals surface area contributed by atoms with Crippen LogP contribution >= 0.6 is 0 Å². The van der Waals surface area contributed by atoms with Crippen LogP contribution in [0.3, 0.4) is 0 Å². The van der Waals surface area contributed by atoms with Crippen molar-refractivity contribution in [3.63, 3.8) is 0 Å². The second kappa shape index (κ2) is 3.44. The largest absolute Gasteiger partial charge is 0.296 e. The molecule has 3 heteroatoms. The van der Waals surface area contributed by atoms with Crippen LogP contribution in [0, 0.1) is 13.8 Å². The average molecular weight is 217 g/mol. The predicted molar refractivity (Wildman–Crippen MR) is 61.0 cm³/mol. The third-order valence-electron chi connectivity index (χ3n) is 3.24. The van der Waals surface area contributed by atoms with Gasteiger partial charge in [-0.3, -0.25) is 14.9 Å². The fraction of sp³-hybridized carbons (Fsp3) is 0.385. The van der Waals surface area contributed by atoms with Crippen molar-refractivity contribution in [3.05, 3.63) is 34.9 Å². The van der Waals surface area contributed by atoms with E-state index in [4.69, 9.17) is 0 Å². The first-order chi connectivity index (χ1) is 7.43. The summed E-state index contributed by atoms with van der Waals surface area (Å²) in [6.07, 6.45) is 0.246. The molecule has 1 atom stereocenters. The molecule has 1 aromatic rings. The maximum absolute atomic E-state index is 11.8. The lowest BCUT2D eigenvalue weighted by Crippen LogP contribution is -2.33. The van der Waals surface area contributed by atoms with Crippen molar-refractivity contribution in [1.82, 2.24) is 5.32 Å². The summed E-state index contributed by atoms with van der Waals surface area (Å²) in [6.45, 7) is 5.81. The van der Waals surface area contributed by atoms with Crippen molar-refractivity contribution in [2.45, 2.75) is 32.6 Å². The van der Waals surface area contributed by atoms with E-state index in [1.807, 2.05) is 39.0 Å². The lowest BCUT2D eigenvalue weighted by molar-refractivity contribution is -0.126. The third-order valence-corrected chi connectivity index (χ3v) is 3.24. The summed E-state index contributed by atoms with van der Waals surface area (Å²) in [5.74, 6) is -0.378. The molecule has 3 nitrogen and oxygen atoms in total. The van der Waals surface area contributed by atoms with Gasteiger partial charge in [-0.2, -0.15) is 0 Å². The SMILES string of the molecule is Cc1ccc(C2(C)CC(=O)NC2=O)c(C)c1. The van der Waals surface area contributed by atoms with Crippen LogP contribution < -0.4 is 5.32 Å². The van der Waals surface area contributed by atoms with Gasteiger partial charge in [0.15, 0.2) is 0 Å². The zero-order chi connectivity index (χ0) is 11.9. The molecule has 1 aliphatic heterocycles. The van der Waals surface area contributed by atoms with Crippen LogP contribution in [0.25, 0.3) is 0 Å². The Bertz CT molecular complexity index is 479. The first-order valence-corrected chi connectivity index (χ1v) is 5.35. The molecule has 1 N–H and O–H groups in total. The summed E-state index contributed by atoms with van der Waals surface area (Å²) in [6, 6.07) is 5.96. The van der Waals surface area contributed by atoms with E-state index in [1.165, 1.54) is 0 Å². The van der Waals surface area contributed by atoms with Gasteiger partial charge in [-0.25, -0.2) is 0 Å². The highest BCUT2D eigenvalue weighted by Gasteiger charge is 2.44. The molecule has 0 spiro atoms. The van der Waals surface area contributed by atoms with Crippen LogP contribution in [0.2, 0.25) is 0 Å². The number of amides is 2. The number of aryl methyl sites for hydroxylation is 2. The monoisotopic (exact) mass is 217 g/mol. The highest BCUT2D eigenvalue weighted by molar-refractivity contribution is 6.08. The molecule has 1 unspecified atom stereocenters. The van der Waals surface area contributed by atoms with Gasteiger partial charge >= 0.3 is 0 Å². The summed E-state index contributed by atoms with van der Waals surface area (Å²) in [5.41, 5.74) is 2.47. The minimum Gasteiger partial charge on any atom is -0.296 e. The van der Waals surface area contributed by atoms with Gasteiger partial charge in [0.05, 0.1) is 5.41 Å². The number of hydrogen-bond acceptors (Lipinski definition) is 2. The molecule has 0 aromatic heterocycles. The summed E-state index contributed by atoms with van der Waals surface area (Å²) in [5, 5.41) is 2.37. The lowest BCUT2D eigenvalue weighted by Gasteiger charge is -2.22. The van der Waals surface area contributed by atoms with E-state index in [0.717, 1.165) is 16.7 Å². The summed E-state index contributed by atoms with van der Waals surface area (Å²) in [7, 11) is 0. The van der Waals surface area contributed by atoms with Crippen molar-refractivity contribution in [2.24, 2.45) is 0 Å². The second-order valence-electron chi connectivity index (χ2n) is 4.70. The first kappa shape index (κ1) is 10.9. The van der Waals surface area contributed by atoms with Crippen LogP contribution in [0.15, 0.2) is 18.2 Å². The number of benzene rings is 1. The van der Waals surface area contributed by atoms with E-state index < -0.39 is 5.41 Å². The average Bonchev–Trinajstić information content (AvgIpc) is 2.40. The van der Waals surface area contributed by atoms with Crippen LogP contribution in [0.1, 0.15) is 30.0 Å². The van der Waals surface area contributed by atoms with Crippen molar-refractivity contribution in [2.75, 3.05) is 0 Å². The van der Waals surface area contributed by atoms with Crippen LogP contribution in [-0.4, -0.2) is 11.8 Å². The lowest BCUT2D eigenvalue weighted by atomic mass is 9.78. The standard InChI is InChI=1S/C13H15NO2/c1-8-4-5-10(9(2)6-8)13(3)7-11(15)14-12(13)16/h4-6H,7H2,1-3H3,(H,14,15,16). The van der Waals surface area contributed by atoms with Crippen molar-refractivity contribution in [1.29, 1.82) is 0 Å². The number of rotatable bonds is 1. The van der Waals surface area contributed by atoms with E-state index in [-0.39, 0.29) is 18.2 Å².